The maximum absolute atomic E-state index is 9.74. The van der Waals surface area contributed by atoms with Crippen molar-refractivity contribution < 1.29 is 9.84 Å². The van der Waals surface area contributed by atoms with Gasteiger partial charge in [0.25, 0.3) is 0 Å². The number of aliphatic hydroxyl groups excluding tert-OH is 1. The zero-order valence-corrected chi connectivity index (χ0v) is 12.2. The minimum Gasteiger partial charge on any atom is -0.457 e. The maximum Gasteiger partial charge on any atom is 0.133 e. The number of ether oxygens (including phenoxy) is 1. The van der Waals surface area contributed by atoms with Crippen LogP contribution in [0, 0.1) is 0 Å². The molecular formula is C18H22O2. The van der Waals surface area contributed by atoms with Crippen molar-refractivity contribution in [2.75, 3.05) is 0 Å². The smallest absolute Gasteiger partial charge is 0.133 e. The molecule has 2 aromatic rings. The minimum absolute atomic E-state index is 0.532. The number of unbranched alkanes of at least 4 members (excludes halogenated alkanes) is 1. The summed E-state index contributed by atoms with van der Waals surface area (Å²) >= 11 is 0. The molecule has 0 fully saturated rings. The van der Waals surface area contributed by atoms with Crippen molar-refractivity contribution in [3.05, 3.63) is 59.7 Å². The van der Waals surface area contributed by atoms with Crippen molar-refractivity contribution in [2.45, 2.75) is 39.2 Å². The lowest BCUT2D eigenvalue weighted by Crippen LogP contribution is -1.95. The molecule has 2 rings (SSSR count). The van der Waals surface area contributed by atoms with E-state index in [1.165, 1.54) is 18.4 Å². The van der Waals surface area contributed by atoms with Gasteiger partial charge in [-0.1, -0.05) is 43.7 Å². The molecule has 0 aliphatic rings. The van der Waals surface area contributed by atoms with Crippen LogP contribution in [0.5, 0.6) is 11.5 Å². The minimum atomic E-state index is -0.532. The number of hydrogen-bond donors (Lipinski definition) is 1. The van der Waals surface area contributed by atoms with Crippen LogP contribution in [0.4, 0.5) is 0 Å². The Morgan fingerprint density at radius 3 is 2.40 bits per heavy atom. The van der Waals surface area contributed by atoms with Crippen molar-refractivity contribution in [2.24, 2.45) is 0 Å². The van der Waals surface area contributed by atoms with Gasteiger partial charge in [0.1, 0.15) is 11.5 Å². The lowest BCUT2D eigenvalue weighted by molar-refractivity contribution is 0.195. The van der Waals surface area contributed by atoms with E-state index in [0.717, 1.165) is 17.7 Å². The fraction of sp³-hybridized carbons (Fsp3) is 0.333. The lowest BCUT2D eigenvalue weighted by Gasteiger charge is -2.13. The summed E-state index contributed by atoms with van der Waals surface area (Å²) in [6.45, 7) is 3.94. The van der Waals surface area contributed by atoms with Gasteiger partial charge in [-0.25, -0.2) is 0 Å². The Balaban J connectivity index is 2.10. The second-order valence-corrected chi connectivity index (χ2v) is 5.06. The lowest BCUT2D eigenvalue weighted by atomic mass is 10.1. The average molecular weight is 270 g/mol. The highest BCUT2D eigenvalue weighted by Crippen LogP contribution is 2.29. The largest absolute Gasteiger partial charge is 0.457 e. The fourth-order valence-electron chi connectivity index (χ4n) is 2.15. The molecule has 0 saturated carbocycles. The summed E-state index contributed by atoms with van der Waals surface area (Å²) in [7, 11) is 0. The summed E-state index contributed by atoms with van der Waals surface area (Å²) in [6.07, 6.45) is 3.00. The molecule has 0 aliphatic heterocycles. The van der Waals surface area contributed by atoms with E-state index in [1.807, 2.05) is 36.4 Å². The zero-order chi connectivity index (χ0) is 14.4. The van der Waals surface area contributed by atoms with Gasteiger partial charge in [-0.2, -0.15) is 0 Å². The van der Waals surface area contributed by atoms with Crippen LogP contribution in [0.1, 0.15) is 43.9 Å². The number of rotatable bonds is 6. The molecule has 1 N–H and O–H groups in total. The van der Waals surface area contributed by atoms with E-state index in [0.29, 0.717) is 5.75 Å². The van der Waals surface area contributed by atoms with Crippen LogP contribution in [0.3, 0.4) is 0 Å². The number of hydrogen-bond acceptors (Lipinski definition) is 2. The van der Waals surface area contributed by atoms with Crippen molar-refractivity contribution in [1.29, 1.82) is 0 Å². The van der Waals surface area contributed by atoms with Crippen LogP contribution in [0.15, 0.2) is 48.5 Å². The van der Waals surface area contributed by atoms with Gasteiger partial charge in [-0.15, -0.1) is 0 Å². The molecule has 0 bridgehead atoms. The van der Waals surface area contributed by atoms with E-state index in [-0.39, 0.29) is 0 Å². The van der Waals surface area contributed by atoms with E-state index in [9.17, 15) is 5.11 Å². The highest BCUT2D eigenvalue weighted by atomic mass is 16.5. The van der Waals surface area contributed by atoms with E-state index in [4.69, 9.17) is 4.74 Å². The Labute approximate surface area is 121 Å². The van der Waals surface area contributed by atoms with Gasteiger partial charge in [0.2, 0.25) is 0 Å². The third-order valence-corrected chi connectivity index (χ3v) is 3.34. The maximum atomic E-state index is 9.74. The molecular weight excluding hydrogens is 248 g/mol. The first-order valence-corrected chi connectivity index (χ1v) is 7.24. The Hall–Kier alpha value is -1.80. The van der Waals surface area contributed by atoms with Gasteiger partial charge in [0, 0.05) is 5.56 Å². The summed E-state index contributed by atoms with van der Waals surface area (Å²) in [5, 5.41) is 9.74. The zero-order valence-electron chi connectivity index (χ0n) is 12.2. The van der Waals surface area contributed by atoms with E-state index in [2.05, 4.69) is 19.1 Å². The molecule has 0 heterocycles. The molecule has 2 heteroatoms. The van der Waals surface area contributed by atoms with Crippen LogP contribution in [0.25, 0.3) is 0 Å². The standard InChI is InChI=1S/C18H22O2/c1-3-4-7-15-10-12-16(13-11-15)20-18-9-6-5-8-17(18)14(2)19/h5-6,8-14,19H,3-4,7H2,1-2H3. The third kappa shape index (κ3) is 3.84. The highest BCUT2D eigenvalue weighted by molar-refractivity contribution is 5.39. The van der Waals surface area contributed by atoms with Gasteiger partial charge >= 0.3 is 0 Å². The normalized spacial score (nSPS) is 12.2. The number of aryl methyl sites for hydroxylation is 1. The first kappa shape index (κ1) is 14.6. The topological polar surface area (TPSA) is 29.5 Å². The summed E-state index contributed by atoms with van der Waals surface area (Å²) in [5.74, 6) is 1.52. The molecule has 0 spiro atoms. The van der Waals surface area contributed by atoms with Crippen LogP contribution < -0.4 is 4.74 Å². The van der Waals surface area contributed by atoms with E-state index >= 15 is 0 Å². The quantitative estimate of drug-likeness (QED) is 0.811. The first-order valence-electron chi connectivity index (χ1n) is 7.24. The number of para-hydroxylation sites is 1. The Kier molecular flexibility index (Phi) is 5.19. The molecule has 2 aromatic carbocycles. The summed E-state index contributed by atoms with van der Waals surface area (Å²) in [5.41, 5.74) is 2.14. The predicted octanol–water partition coefficient (Wildman–Crippen LogP) is 4.87. The first-order chi connectivity index (χ1) is 9.70. The van der Waals surface area contributed by atoms with Crippen molar-refractivity contribution in [1.82, 2.24) is 0 Å². The second kappa shape index (κ2) is 7.11. The molecule has 1 atom stereocenters. The molecule has 0 amide bonds. The Morgan fingerprint density at radius 1 is 1.05 bits per heavy atom. The van der Waals surface area contributed by atoms with Crippen molar-refractivity contribution in [3.8, 4) is 11.5 Å². The van der Waals surface area contributed by atoms with Gasteiger partial charge in [0.15, 0.2) is 0 Å². The van der Waals surface area contributed by atoms with Crippen molar-refractivity contribution in [3.63, 3.8) is 0 Å². The second-order valence-electron chi connectivity index (χ2n) is 5.06. The summed E-state index contributed by atoms with van der Waals surface area (Å²) in [4.78, 5) is 0. The van der Waals surface area contributed by atoms with Crippen molar-refractivity contribution >= 4 is 0 Å². The van der Waals surface area contributed by atoms with Crippen LogP contribution in [-0.4, -0.2) is 5.11 Å². The SMILES string of the molecule is CCCCc1ccc(Oc2ccccc2C(C)O)cc1. The van der Waals surface area contributed by atoms with Crippen LogP contribution in [-0.2, 0) is 6.42 Å². The van der Waals surface area contributed by atoms with Gasteiger partial charge in [0.05, 0.1) is 6.10 Å². The molecule has 0 aliphatic carbocycles. The number of benzene rings is 2. The van der Waals surface area contributed by atoms with Gasteiger partial charge in [-0.3, -0.25) is 0 Å². The molecule has 2 nitrogen and oxygen atoms in total. The molecule has 1 unspecified atom stereocenters. The van der Waals surface area contributed by atoms with Gasteiger partial charge in [-0.05, 0) is 43.5 Å². The van der Waals surface area contributed by atoms with Gasteiger partial charge < -0.3 is 9.84 Å². The molecule has 0 radical (unpaired) electrons. The molecule has 106 valence electrons. The van der Waals surface area contributed by atoms with E-state index in [1.54, 1.807) is 6.92 Å². The summed E-state index contributed by atoms with van der Waals surface area (Å²) in [6, 6.07) is 15.8. The third-order valence-electron chi connectivity index (χ3n) is 3.34. The Morgan fingerprint density at radius 2 is 1.75 bits per heavy atom. The predicted molar refractivity (Wildman–Crippen MR) is 82.2 cm³/mol. The van der Waals surface area contributed by atoms with E-state index < -0.39 is 6.10 Å². The van der Waals surface area contributed by atoms with Crippen LogP contribution in [0.2, 0.25) is 0 Å². The van der Waals surface area contributed by atoms with Crippen LogP contribution >= 0.6 is 0 Å². The molecule has 0 saturated heterocycles. The monoisotopic (exact) mass is 270 g/mol. The summed E-state index contributed by atoms with van der Waals surface area (Å²) < 4.78 is 5.87. The average Bonchev–Trinajstić information content (AvgIpc) is 2.47. The fourth-order valence-corrected chi connectivity index (χ4v) is 2.15. The molecule has 20 heavy (non-hydrogen) atoms. The number of aliphatic hydroxyl groups is 1. The molecule has 0 aromatic heterocycles. The Bertz CT molecular complexity index is 529. The highest BCUT2D eigenvalue weighted by Gasteiger charge is 2.08.